The van der Waals surface area contributed by atoms with Crippen LogP contribution in [0.5, 0.6) is 5.75 Å². The van der Waals surface area contributed by atoms with E-state index in [0.717, 1.165) is 6.42 Å². The van der Waals surface area contributed by atoms with Crippen molar-refractivity contribution < 1.29 is 17.9 Å². The van der Waals surface area contributed by atoms with Gasteiger partial charge in [-0.15, -0.1) is 0 Å². The molecule has 0 saturated carbocycles. The fraction of sp³-hybridized carbons (Fsp3) is 0.261. The number of anilines is 2. The van der Waals surface area contributed by atoms with Gasteiger partial charge in [0.1, 0.15) is 5.75 Å². The number of rotatable bonds is 8. The maximum Gasteiger partial charge on any atom is 0.264 e. The summed E-state index contributed by atoms with van der Waals surface area (Å²) in [5.74, 6) is 0.310. The third kappa shape index (κ3) is 6.04. The molecule has 2 N–H and O–H groups in total. The summed E-state index contributed by atoms with van der Waals surface area (Å²) >= 11 is 0. The number of aryl methyl sites for hydroxylation is 2. The Balaban J connectivity index is 1.70. The van der Waals surface area contributed by atoms with E-state index in [1.54, 1.807) is 44.2 Å². The van der Waals surface area contributed by atoms with Gasteiger partial charge in [-0.2, -0.15) is 0 Å². The Bertz CT molecular complexity index is 1190. The van der Waals surface area contributed by atoms with Gasteiger partial charge in [0.05, 0.1) is 11.0 Å². The Morgan fingerprint density at radius 2 is 1.69 bits per heavy atom. The smallest absolute Gasteiger partial charge is 0.264 e. The first kappa shape index (κ1) is 23.2. The van der Waals surface area contributed by atoms with Gasteiger partial charge in [0.25, 0.3) is 15.9 Å². The lowest BCUT2D eigenvalue weighted by atomic mass is 10.2. The molecule has 0 fully saturated rings. The van der Waals surface area contributed by atoms with Crippen LogP contribution in [0.15, 0.2) is 59.5 Å². The van der Waals surface area contributed by atoms with E-state index in [2.05, 4.69) is 20.0 Å². The Kier molecular flexibility index (Phi) is 7.09. The van der Waals surface area contributed by atoms with Crippen molar-refractivity contribution in [3.05, 3.63) is 71.5 Å². The van der Waals surface area contributed by atoms with Gasteiger partial charge in [-0.1, -0.05) is 13.0 Å². The topological polar surface area (TPSA) is 110 Å². The lowest BCUT2D eigenvalue weighted by molar-refractivity contribution is 0.102. The number of amides is 1. The van der Waals surface area contributed by atoms with Gasteiger partial charge in [-0.3, -0.25) is 4.79 Å². The number of sulfonamides is 1. The summed E-state index contributed by atoms with van der Waals surface area (Å²) in [5, 5.41) is 2.76. The molecule has 32 heavy (non-hydrogen) atoms. The van der Waals surface area contributed by atoms with Crippen LogP contribution in [0.1, 0.15) is 42.0 Å². The number of nitrogens with zero attached hydrogens (tertiary/aromatic N) is 2. The summed E-state index contributed by atoms with van der Waals surface area (Å²) in [6.45, 7) is 7.51. The summed E-state index contributed by atoms with van der Waals surface area (Å²) in [5.41, 5.74) is 2.22. The van der Waals surface area contributed by atoms with Gasteiger partial charge in [0.2, 0.25) is 5.95 Å². The molecule has 0 aliphatic heterocycles. The first-order valence-electron chi connectivity index (χ1n) is 10.2. The number of aromatic nitrogens is 2. The van der Waals surface area contributed by atoms with E-state index in [1.165, 1.54) is 24.3 Å². The summed E-state index contributed by atoms with van der Waals surface area (Å²) in [6.07, 6.45) is 0.904. The Hall–Kier alpha value is -3.46. The molecule has 1 aromatic heterocycles. The number of carbonyl (C=O) groups is 1. The van der Waals surface area contributed by atoms with E-state index in [1.807, 2.05) is 13.8 Å². The summed E-state index contributed by atoms with van der Waals surface area (Å²) in [7, 11) is -3.87. The molecule has 0 bridgehead atoms. The van der Waals surface area contributed by atoms with Crippen molar-refractivity contribution >= 4 is 27.6 Å². The number of benzene rings is 2. The van der Waals surface area contributed by atoms with Crippen LogP contribution in [0, 0.1) is 13.8 Å². The highest BCUT2D eigenvalue weighted by Crippen LogP contribution is 2.20. The lowest BCUT2D eigenvalue weighted by Crippen LogP contribution is -2.16. The predicted octanol–water partition coefficient (Wildman–Crippen LogP) is 4.32. The van der Waals surface area contributed by atoms with E-state index in [9.17, 15) is 13.2 Å². The first-order chi connectivity index (χ1) is 15.2. The Morgan fingerprint density at radius 1 is 1.03 bits per heavy atom. The van der Waals surface area contributed by atoms with Gasteiger partial charge in [-0.05, 0) is 75.7 Å². The standard InChI is InChI=1S/C23H26N4O4S/c1-5-17(4)31-20-8-6-7-18(14-20)22(28)26-19-9-11-21(12-10-19)32(29,30)27-23-24-15(2)13-16(3)25-23/h6-14,17H,5H2,1-4H3,(H,26,28)(H,24,25,27). The van der Waals surface area contributed by atoms with Crippen molar-refractivity contribution in [1.29, 1.82) is 0 Å². The second-order valence-corrected chi connectivity index (χ2v) is 9.11. The SMILES string of the molecule is CCC(C)Oc1cccc(C(=O)Nc2ccc(S(=O)(=O)Nc3nc(C)cc(C)n3)cc2)c1. The highest BCUT2D eigenvalue weighted by molar-refractivity contribution is 7.92. The van der Waals surface area contributed by atoms with Crippen molar-refractivity contribution in [3.8, 4) is 5.75 Å². The zero-order chi connectivity index (χ0) is 23.3. The van der Waals surface area contributed by atoms with Crippen LogP contribution >= 0.6 is 0 Å². The maximum absolute atomic E-state index is 12.6. The molecule has 1 heterocycles. The minimum atomic E-state index is -3.87. The molecule has 8 nitrogen and oxygen atoms in total. The monoisotopic (exact) mass is 454 g/mol. The molecule has 0 aliphatic rings. The van der Waals surface area contributed by atoms with Crippen molar-refractivity contribution in [1.82, 2.24) is 9.97 Å². The average molecular weight is 455 g/mol. The number of nitrogens with one attached hydrogen (secondary N) is 2. The predicted molar refractivity (Wildman–Crippen MR) is 124 cm³/mol. The molecule has 9 heteroatoms. The molecule has 3 aromatic rings. The van der Waals surface area contributed by atoms with Crippen LogP contribution in [-0.2, 0) is 10.0 Å². The third-order valence-electron chi connectivity index (χ3n) is 4.64. The quantitative estimate of drug-likeness (QED) is 0.524. The van der Waals surface area contributed by atoms with Gasteiger partial charge in [-0.25, -0.2) is 23.1 Å². The molecule has 1 unspecified atom stereocenters. The van der Waals surface area contributed by atoms with E-state index in [4.69, 9.17) is 4.74 Å². The van der Waals surface area contributed by atoms with Crippen molar-refractivity contribution in [2.45, 2.75) is 45.1 Å². The molecule has 2 aromatic carbocycles. The second kappa shape index (κ2) is 9.78. The fourth-order valence-corrected chi connectivity index (χ4v) is 3.84. The summed E-state index contributed by atoms with van der Waals surface area (Å²) < 4.78 is 33.4. The van der Waals surface area contributed by atoms with Gasteiger partial charge < -0.3 is 10.1 Å². The van der Waals surface area contributed by atoms with Crippen molar-refractivity contribution in [2.24, 2.45) is 0 Å². The van der Waals surface area contributed by atoms with E-state index in [-0.39, 0.29) is 22.9 Å². The van der Waals surface area contributed by atoms with Crippen molar-refractivity contribution in [3.63, 3.8) is 0 Å². The zero-order valence-electron chi connectivity index (χ0n) is 18.4. The minimum absolute atomic E-state index is 0.0133. The fourth-order valence-electron chi connectivity index (χ4n) is 2.90. The molecule has 0 saturated heterocycles. The molecular formula is C23H26N4O4S. The Labute approximate surface area is 188 Å². The highest BCUT2D eigenvalue weighted by atomic mass is 32.2. The maximum atomic E-state index is 12.6. The normalized spacial score (nSPS) is 12.1. The summed E-state index contributed by atoms with van der Waals surface area (Å²) in [4.78, 5) is 20.8. The second-order valence-electron chi connectivity index (χ2n) is 7.42. The van der Waals surface area contributed by atoms with Gasteiger partial charge >= 0.3 is 0 Å². The molecule has 1 amide bonds. The molecule has 3 rings (SSSR count). The van der Waals surface area contributed by atoms with Gasteiger partial charge in [0.15, 0.2) is 0 Å². The first-order valence-corrected chi connectivity index (χ1v) is 11.7. The number of ether oxygens (including phenoxy) is 1. The zero-order valence-corrected chi connectivity index (χ0v) is 19.2. The van der Waals surface area contributed by atoms with E-state index < -0.39 is 10.0 Å². The van der Waals surface area contributed by atoms with E-state index >= 15 is 0 Å². The average Bonchev–Trinajstić information content (AvgIpc) is 2.73. The number of hydrogen-bond acceptors (Lipinski definition) is 6. The van der Waals surface area contributed by atoms with Crippen LogP contribution in [-0.4, -0.2) is 30.4 Å². The lowest BCUT2D eigenvalue weighted by Gasteiger charge is -2.13. The molecule has 0 aliphatic carbocycles. The number of hydrogen-bond donors (Lipinski definition) is 2. The molecule has 0 radical (unpaired) electrons. The van der Waals surface area contributed by atoms with Crippen LogP contribution in [0.25, 0.3) is 0 Å². The molecular weight excluding hydrogens is 428 g/mol. The highest BCUT2D eigenvalue weighted by Gasteiger charge is 2.17. The van der Waals surface area contributed by atoms with Crippen LogP contribution < -0.4 is 14.8 Å². The molecule has 0 spiro atoms. The number of carbonyl (C=O) groups excluding carboxylic acids is 1. The van der Waals surface area contributed by atoms with Crippen LogP contribution in [0.2, 0.25) is 0 Å². The van der Waals surface area contributed by atoms with Gasteiger partial charge in [0, 0.05) is 22.6 Å². The van der Waals surface area contributed by atoms with Crippen molar-refractivity contribution in [2.75, 3.05) is 10.0 Å². The largest absolute Gasteiger partial charge is 0.491 e. The third-order valence-corrected chi connectivity index (χ3v) is 5.98. The van der Waals surface area contributed by atoms with Crippen LogP contribution in [0.3, 0.4) is 0 Å². The Morgan fingerprint density at radius 3 is 2.31 bits per heavy atom. The summed E-state index contributed by atoms with van der Waals surface area (Å²) in [6, 6.07) is 14.5. The molecule has 1 atom stereocenters. The van der Waals surface area contributed by atoms with Crippen LogP contribution in [0.4, 0.5) is 11.6 Å². The minimum Gasteiger partial charge on any atom is -0.491 e. The molecule has 168 valence electrons. The van der Waals surface area contributed by atoms with E-state index in [0.29, 0.717) is 28.4 Å².